The number of carbonyl (C=O) groups excluding carboxylic acids is 2. The first kappa shape index (κ1) is 25.4. The summed E-state index contributed by atoms with van der Waals surface area (Å²) in [7, 11) is 0. The minimum absolute atomic E-state index is 0.0135. The maximum absolute atomic E-state index is 13.4. The highest BCUT2D eigenvalue weighted by molar-refractivity contribution is 6.04. The normalized spacial score (nSPS) is 41.2. The Morgan fingerprint density at radius 1 is 1.17 bits per heavy atom. The van der Waals surface area contributed by atoms with Crippen molar-refractivity contribution >= 4 is 11.8 Å². The van der Waals surface area contributed by atoms with Crippen molar-refractivity contribution in [3.05, 3.63) is 59.2 Å². The molecular formula is C30H38O6. The summed E-state index contributed by atoms with van der Waals surface area (Å²) in [6, 6.07) is 9.86. The van der Waals surface area contributed by atoms with Gasteiger partial charge in [0.25, 0.3) is 0 Å². The number of esters is 1. The molecule has 0 amide bonds. The number of benzene rings is 1. The zero-order valence-corrected chi connectivity index (χ0v) is 21.8. The standard InChI is InChI=1S/C30H38O6/c1-17-12-23-28(34,25(17)32)15-21(16-31)13-22-24-27(4,5)29(24,14-19(3)30(22,23)35)36-26(33)18(2)11-20-9-7-6-8-10-20/h6-10,12-13,18-19,22-24,31,34-35H,11,14-16H2,1-5H3/t18-,19-,22+,23-,24-,28-,29+,30-/m1/s1. The summed E-state index contributed by atoms with van der Waals surface area (Å²) >= 11 is 0. The largest absolute Gasteiger partial charge is 0.458 e. The van der Waals surface area contributed by atoms with Gasteiger partial charge in [0.05, 0.1) is 18.1 Å². The average molecular weight is 495 g/mol. The van der Waals surface area contributed by atoms with Crippen molar-refractivity contribution < 1.29 is 29.6 Å². The number of hydrogen-bond acceptors (Lipinski definition) is 6. The lowest BCUT2D eigenvalue weighted by molar-refractivity contribution is -0.188. The lowest BCUT2D eigenvalue weighted by Gasteiger charge is -2.50. The summed E-state index contributed by atoms with van der Waals surface area (Å²) in [6.45, 7) is 9.29. The monoisotopic (exact) mass is 494 g/mol. The molecule has 4 aliphatic carbocycles. The number of carbonyl (C=O) groups is 2. The molecule has 0 radical (unpaired) electrons. The van der Waals surface area contributed by atoms with Gasteiger partial charge in [0.2, 0.25) is 0 Å². The fourth-order valence-corrected chi connectivity index (χ4v) is 7.93. The molecule has 5 rings (SSSR count). The molecule has 0 unspecified atom stereocenters. The van der Waals surface area contributed by atoms with Crippen LogP contribution in [-0.2, 0) is 20.7 Å². The van der Waals surface area contributed by atoms with Gasteiger partial charge >= 0.3 is 5.97 Å². The SMILES string of the molecule is CC1=C[C@H]2[C@@]3(O)[C@H](C)C[C@]4(OC(=O)[C@H](C)Cc5ccccc5)[C@H]([C@@H]3C=C(CO)C[C@]2(O)C1=O)C4(C)C. The third kappa shape index (κ3) is 3.27. The van der Waals surface area contributed by atoms with Crippen molar-refractivity contribution in [3.63, 3.8) is 0 Å². The van der Waals surface area contributed by atoms with E-state index in [0.29, 0.717) is 24.0 Å². The van der Waals surface area contributed by atoms with Crippen molar-refractivity contribution in [3.8, 4) is 0 Å². The van der Waals surface area contributed by atoms with E-state index in [1.807, 2.05) is 50.3 Å². The number of rotatable bonds is 5. The minimum Gasteiger partial charge on any atom is -0.458 e. The molecule has 0 aromatic heterocycles. The molecule has 36 heavy (non-hydrogen) atoms. The van der Waals surface area contributed by atoms with Crippen molar-refractivity contribution in [2.75, 3.05) is 6.61 Å². The molecule has 8 atom stereocenters. The van der Waals surface area contributed by atoms with E-state index in [2.05, 4.69) is 13.8 Å². The van der Waals surface area contributed by atoms with E-state index in [-0.39, 0.29) is 42.5 Å². The molecule has 1 aromatic carbocycles. The summed E-state index contributed by atoms with van der Waals surface area (Å²) in [5.74, 6) is -2.80. The molecule has 2 fully saturated rings. The Morgan fingerprint density at radius 2 is 1.83 bits per heavy atom. The fourth-order valence-electron chi connectivity index (χ4n) is 7.93. The van der Waals surface area contributed by atoms with Gasteiger partial charge in [0, 0.05) is 29.6 Å². The quantitative estimate of drug-likeness (QED) is 0.428. The summed E-state index contributed by atoms with van der Waals surface area (Å²) in [5.41, 5.74) is -2.32. The molecule has 0 heterocycles. The Labute approximate surface area is 213 Å². The molecule has 0 aliphatic heterocycles. The van der Waals surface area contributed by atoms with Gasteiger partial charge in [-0.05, 0) is 42.4 Å². The van der Waals surface area contributed by atoms with Crippen LogP contribution in [0.1, 0.15) is 53.0 Å². The first-order valence-electron chi connectivity index (χ1n) is 13.1. The third-order valence-corrected chi connectivity index (χ3v) is 9.94. The van der Waals surface area contributed by atoms with Gasteiger partial charge < -0.3 is 20.1 Å². The van der Waals surface area contributed by atoms with E-state index in [1.165, 1.54) is 0 Å². The van der Waals surface area contributed by atoms with Crippen LogP contribution in [0, 0.1) is 35.0 Å². The first-order chi connectivity index (χ1) is 16.8. The molecule has 1 aromatic rings. The molecule has 0 spiro atoms. The molecule has 6 nitrogen and oxygen atoms in total. The van der Waals surface area contributed by atoms with Crippen LogP contribution in [-0.4, -0.2) is 50.5 Å². The van der Waals surface area contributed by atoms with Gasteiger partial charge in [0.15, 0.2) is 5.78 Å². The number of ether oxygens (including phenoxy) is 1. The predicted octanol–water partition coefficient (Wildman–Crippen LogP) is 3.39. The van der Waals surface area contributed by atoms with Crippen LogP contribution >= 0.6 is 0 Å². The van der Waals surface area contributed by atoms with E-state index in [4.69, 9.17) is 4.74 Å². The van der Waals surface area contributed by atoms with E-state index in [1.54, 1.807) is 13.0 Å². The van der Waals surface area contributed by atoms with Gasteiger partial charge in [0.1, 0.15) is 11.2 Å². The highest BCUT2D eigenvalue weighted by Crippen LogP contribution is 2.76. The Hall–Kier alpha value is -2.28. The second kappa shape index (κ2) is 8.11. The topological polar surface area (TPSA) is 104 Å². The molecule has 0 bridgehead atoms. The van der Waals surface area contributed by atoms with E-state index >= 15 is 0 Å². The lowest BCUT2D eigenvalue weighted by Crippen LogP contribution is -2.61. The molecule has 0 saturated heterocycles. The Morgan fingerprint density at radius 3 is 2.47 bits per heavy atom. The average Bonchev–Trinajstić information content (AvgIpc) is 3.23. The number of aliphatic hydroxyl groups excluding tert-OH is 1. The van der Waals surface area contributed by atoms with Crippen LogP contribution in [0.5, 0.6) is 0 Å². The Kier molecular flexibility index (Phi) is 5.71. The van der Waals surface area contributed by atoms with Crippen molar-refractivity contribution in [1.82, 2.24) is 0 Å². The third-order valence-electron chi connectivity index (χ3n) is 9.94. The number of fused-ring (bicyclic) bond motifs is 5. The van der Waals surface area contributed by atoms with E-state index in [9.17, 15) is 24.9 Å². The Bertz CT molecular complexity index is 1150. The smallest absolute Gasteiger partial charge is 0.309 e. The molecule has 4 aliphatic rings. The van der Waals surface area contributed by atoms with E-state index in [0.717, 1.165) is 5.56 Å². The van der Waals surface area contributed by atoms with Crippen LogP contribution in [0.2, 0.25) is 0 Å². The van der Waals surface area contributed by atoms with Crippen molar-refractivity contribution in [2.45, 2.75) is 70.7 Å². The van der Waals surface area contributed by atoms with Gasteiger partial charge in [-0.3, -0.25) is 9.59 Å². The second-order valence-electron chi connectivity index (χ2n) is 12.4. The number of hydrogen-bond donors (Lipinski definition) is 3. The van der Waals surface area contributed by atoms with Gasteiger partial charge in [-0.2, -0.15) is 0 Å². The lowest BCUT2D eigenvalue weighted by atomic mass is 9.60. The van der Waals surface area contributed by atoms with Gasteiger partial charge in [-0.25, -0.2) is 0 Å². The number of Topliss-reactive ketones (excluding diaryl/α,β-unsaturated/α-hetero) is 1. The van der Waals surface area contributed by atoms with Crippen LogP contribution in [0.15, 0.2) is 53.6 Å². The van der Waals surface area contributed by atoms with Crippen LogP contribution < -0.4 is 0 Å². The zero-order chi connectivity index (χ0) is 26.3. The summed E-state index contributed by atoms with van der Waals surface area (Å²) in [4.78, 5) is 26.4. The predicted molar refractivity (Wildman–Crippen MR) is 135 cm³/mol. The maximum atomic E-state index is 13.4. The summed E-state index contributed by atoms with van der Waals surface area (Å²) in [5, 5.41) is 34.1. The molecule has 2 saturated carbocycles. The van der Waals surface area contributed by atoms with Crippen LogP contribution in [0.3, 0.4) is 0 Å². The number of ketones is 1. The summed E-state index contributed by atoms with van der Waals surface area (Å²) < 4.78 is 6.37. The van der Waals surface area contributed by atoms with Crippen LogP contribution in [0.4, 0.5) is 0 Å². The van der Waals surface area contributed by atoms with Crippen molar-refractivity contribution in [2.24, 2.45) is 35.0 Å². The zero-order valence-electron chi connectivity index (χ0n) is 21.8. The highest BCUT2D eigenvalue weighted by atomic mass is 16.6. The Balaban J connectivity index is 1.50. The van der Waals surface area contributed by atoms with Gasteiger partial charge in [-0.1, -0.05) is 70.2 Å². The maximum Gasteiger partial charge on any atom is 0.309 e. The second-order valence-corrected chi connectivity index (χ2v) is 12.4. The minimum atomic E-state index is -1.78. The first-order valence-corrected chi connectivity index (χ1v) is 13.1. The van der Waals surface area contributed by atoms with Gasteiger partial charge in [-0.15, -0.1) is 0 Å². The molecule has 6 heteroatoms. The van der Waals surface area contributed by atoms with Crippen molar-refractivity contribution in [1.29, 1.82) is 0 Å². The molecular weight excluding hydrogens is 456 g/mol. The number of aliphatic hydroxyl groups is 3. The fraction of sp³-hybridized carbons (Fsp3) is 0.600. The van der Waals surface area contributed by atoms with E-state index < -0.39 is 34.1 Å². The molecule has 194 valence electrons. The van der Waals surface area contributed by atoms with Crippen LogP contribution in [0.25, 0.3) is 0 Å². The molecule has 3 N–H and O–H groups in total. The summed E-state index contributed by atoms with van der Waals surface area (Å²) in [6.07, 6.45) is 4.59. The highest BCUT2D eigenvalue weighted by Gasteiger charge is 2.83.